The van der Waals surface area contributed by atoms with Crippen LogP contribution in [-0.2, 0) is 14.8 Å². The van der Waals surface area contributed by atoms with Crippen LogP contribution in [0.2, 0.25) is 0 Å². The van der Waals surface area contributed by atoms with Crippen molar-refractivity contribution in [3.63, 3.8) is 0 Å². The number of ether oxygens (including phenoxy) is 1. The second-order valence-electron chi connectivity index (χ2n) is 7.02. The van der Waals surface area contributed by atoms with Crippen LogP contribution in [0.15, 0.2) is 23.1 Å². The Morgan fingerprint density at radius 3 is 2.69 bits per heavy atom. The lowest BCUT2D eigenvalue weighted by atomic mass is 9.94. The van der Waals surface area contributed by atoms with Crippen LogP contribution >= 0.6 is 0 Å². The number of anilines is 1. The van der Waals surface area contributed by atoms with E-state index in [1.807, 2.05) is 6.92 Å². The molecular weight excluding hydrogens is 356 g/mol. The molecule has 1 atom stereocenters. The third kappa shape index (κ3) is 4.36. The van der Waals surface area contributed by atoms with Gasteiger partial charge in [0.25, 0.3) is 5.91 Å². The van der Waals surface area contributed by atoms with Gasteiger partial charge in [0.15, 0.2) is 6.10 Å². The lowest BCUT2D eigenvalue weighted by molar-refractivity contribution is -0.123. The summed E-state index contributed by atoms with van der Waals surface area (Å²) in [4.78, 5) is 12.2. The number of carbonyl (C=O) groups excluding carboxylic acids is 1. The van der Waals surface area contributed by atoms with Gasteiger partial charge in [-0.1, -0.05) is 13.3 Å². The number of sulfonamides is 1. The second-order valence-corrected chi connectivity index (χ2v) is 8.74. The van der Waals surface area contributed by atoms with Gasteiger partial charge in [0.2, 0.25) is 10.0 Å². The first-order valence-electron chi connectivity index (χ1n) is 9.21. The highest BCUT2D eigenvalue weighted by atomic mass is 32.2. The first-order valence-corrected chi connectivity index (χ1v) is 10.7. The van der Waals surface area contributed by atoms with Crippen molar-refractivity contribution in [2.75, 3.05) is 5.32 Å². The van der Waals surface area contributed by atoms with Gasteiger partial charge >= 0.3 is 0 Å². The van der Waals surface area contributed by atoms with Gasteiger partial charge in [0.1, 0.15) is 5.75 Å². The summed E-state index contributed by atoms with van der Waals surface area (Å²) in [6.45, 7) is 2.05. The van der Waals surface area contributed by atoms with Crippen molar-refractivity contribution in [3.05, 3.63) is 18.2 Å². The second kappa shape index (κ2) is 7.94. The molecule has 1 aromatic carbocycles. The fraction of sp³-hybridized carbons (Fsp3) is 0.611. The molecule has 1 amide bonds. The molecule has 1 heterocycles. The zero-order valence-corrected chi connectivity index (χ0v) is 15.7. The Morgan fingerprint density at radius 2 is 2.00 bits per heavy atom. The molecule has 26 heavy (non-hydrogen) atoms. The number of hydrogen-bond donors (Lipinski definition) is 3. The number of aliphatic hydroxyl groups is 1. The molecule has 1 fully saturated rings. The van der Waals surface area contributed by atoms with Crippen molar-refractivity contribution in [2.24, 2.45) is 0 Å². The molecule has 1 aliphatic carbocycles. The average molecular weight is 382 g/mol. The van der Waals surface area contributed by atoms with E-state index in [4.69, 9.17) is 4.74 Å². The predicted molar refractivity (Wildman–Crippen MR) is 97.6 cm³/mol. The largest absolute Gasteiger partial charge is 0.478 e. The predicted octanol–water partition coefficient (Wildman–Crippen LogP) is 2.16. The van der Waals surface area contributed by atoms with Crippen LogP contribution in [0.1, 0.15) is 51.9 Å². The van der Waals surface area contributed by atoms with Crippen LogP contribution in [0.3, 0.4) is 0 Å². The smallest absolute Gasteiger partial charge is 0.265 e. The van der Waals surface area contributed by atoms with E-state index in [1.165, 1.54) is 12.1 Å². The Bertz CT molecular complexity index is 757. The van der Waals surface area contributed by atoms with Gasteiger partial charge in [-0.15, -0.1) is 0 Å². The topological polar surface area (TPSA) is 105 Å². The van der Waals surface area contributed by atoms with E-state index in [0.717, 1.165) is 12.8 Å². The number of benzene rings is 1. The number of nitrogens with one attached hydrogen (secondary N) is 2. The summed E-state index contributed by atoms with van der Waals surface area (Å²) in [7, 11) is -3.69. The molecule has 2 aliphatic rings. The quantitative estimate of drug-likeness (QED) is 0.699. The highest BCUT2D eigenvalue weighted by molar-refractivity contribution is 7.89. The van der Waals surface area contributed by atoms with E-state index in [2.05, 4.69) is 10.0 Å². The summed E-state index contributed by atoms with van der Waals surface area (Å²) in [5.41, 5.74) is 0.379. The lowest BCUT2D eigenvalue weighted by Crippen LogP contribution is -2.39. The minimum absolute atomic E-state index is 0.0956. The molecule has 7 nitrogen and oxygen atoms in total. The molecule has 1 aliphatic heterocycles. The van der Waals surface area contributed by atoms with Crippen molar-refractivity contribution in [1.29, 1.82) is 0 Å². The van der Waals surface area contributed by atoms with Gasteiger partial charge in [0, 0.05) is 6.04 Å². The van der Waals surface area contributed by atoms with Crippen LogP contribution < -0.4 is 14.8 Å². The molecule has 0 saturated heterocycles. The van der Waals surface area contributed by atoms with Gasteiger partial charge in [-0.3, -0.25) is 4.79 Å². The summed E-state index contributed by atoms with van der Waals surface area (Å²) in [5.74, 6) is 0.250. The van der Waals surface area contributed by atoms with E-state index >= 15 is 0 Å². The third-order valence-corrected chi connectivity index (χ3v) is 6.44. The Kier molecular flexibility index (Phi) is 5.84. The fourth-order valence-electron chi connectivity index (χ4n) is 3.36. The van der Waals surface area contributed by atoms with E-state index < -0.39 is 16.1 Å². The standard InChI is InChI=1S/C18H26N2O5S/c1-2-3-4-17-18(22)19-15-11-14(9-10-16(15)25-17)26(23,24)20-12-5-7-13(21)8-6-12/h9-13,17,20-21H,2-8H2,1H3,(H,19,22)/t12?,13?,17-/m1/s1. The van der Waals surface area contributed by atoms with Crippen LogP contribution in [0, 0.1) is 0 Å². The first-order chi connectivity index (χ1) is 12.4. The van der Waals surface area contributed by atoms with Gasteiger partial charge in [-0.25, -0.2) is 13.1 Å². The highest BCUT2D eigenvalue weighted by Crippen LogP contribution is 2.33. The molecule has 3 rings (SSSR count). The Morgan fingerprint density at radius 1 is 1.27 bits per heavy atom. The molecule has 8 heteroatoms. The van der Waals surface area contributed by atoms with Crippen LogP contribution in [0.4, 0.5) is 5.69 Å². The summed E-state index contributed by atoms with van der Waals surface area (Å²) in [5, 5.41) is 12.3. The van der Waals surface area contributed by atoms with E-state index in [1.54, 1.807) is 6.07 Å². The molecule has 1 saturated carbocycles. The van der Waals surface area contributed by atoms with Crippen LogP contribution in [0.5, 0.6) is 5.75 Å². The molecule has 0 radical (unpaired) electrons. The minimum atomic E-state index is -3.69. The summed E-state index contributed by atoms with van der Waals surface area (Å²) in [6, 6.07) is 4.34. The number of aliphatic hydroxyl groups excluding tert-OH is 1. The van der Waals surface area contributed by atoms with Gasteiger partial charge < -0.3 is 15.2 Å². The Hall–Kier alpha value is -1.64. The Balaban J connectivity index is 1.72. The van der Waals surface area contributed by atoms with Crippen molar-refractivity contribution >= 4 is 21.6 Å². The summed E-state index contributed by atoms with van der Waals surface area (Å²) in [6.07, 6.45) is 4.05. The van der Waals surface area contributed by atoms with Gasteiger partial charge in [0.05, 0.1) is 16.7 Å². The van der Waals surface area contributed by atoms with Crippen LogP contribution in [-0.4, -0.2) is 37.7 Å². The third-order valence-electron chi connectivity index (χ3n) is 4.92. The SMILES string of the molecule is CCCC[C@H]1Oc2ccc(S(=O)(=O)NC3CCC(O)CC3)cc2NC1=O. The molecule has 144 valence electrons. The maximum absolute atomic E-state index is 12.6. The first kappa shape index (κ1) is 19.1. The maximum atomic E-state index is 12.6. The molecular formula is C18H26N2O5S. The number of carbonyl (C=O) groups is 1. The maximum Gasteiger partial charge on any atom is 0.265 e. The number of fused-ring (bicyclic) bond motifs is 1. The Labute approximate surface area is 154 Å². The zero-order chi connectivity index (χ0) is 18.7. The van der Waals surface area contributed by atoms with E-state index in [0.29, 0.717) is 43.5 Å². The van der Waals surface area contributed by atoms with Crippen LogP contribution in [0.25, 0.3) is 0 Å². The van der Waals surface area contributed by atoms with Crippen molar-refractivity contribution in [1.82, 2.24) is 4.72 Å². The highest BCUT2D eigenvalue weighted by Gasteiger charge is 2.29. The molecule has 1 aromatic rings. The van der Waals surface area contributed by atoms with Gasteiger partial charge in [-0.2, -0.15) is 0 Å². The normalized spacial score (nSPS) is 25.9. The minimum Gasteiger partial charge on any atom is -0.478 e. The number of hydrogen-bond acceptors (Lipinski definition) is 5. The van der Waals surface area contributed by atoms with E-state index in [-0.39, 0.29) is 22.9 Å². The molecule has 0 bridgehead atoms. The average Bonchev–Trinajstić information content (AvgIpc) is 2.61. The van der Waals surface area contributed by atoms with E-state index in [9.17, 15) is 18.3 Å². The van der Waals surface area contributed by atoms with Crippen molar-refractivity contribution in [2.45, 2.75) is 75.0 Å². The lowest BCUT2D eigenvalue weighted by Gasteiger charge is -2.27. The number of rotatable bonds is 6. The van der Waals surface area contributed by atoms with Crippen molar-refractivity contribution < 1.29 is 23.1 Å². The summed E-state index contributed by atoms with van der Waals surface area (Å²) < 4.78 is 33.7. The number of amides is 1. The monoisotopic (exact) mass is 382 g/mol. The summed E-state index contributed by atoms with van der Waals surface area (Å²) >= 11 is 0. The molecule has 0 spiro atoms. The fourth-order valence-corrected chi connectivity index (χ4v) is 4.69. The molecule has 0 aromatic heterocycles. The number of unbranched alkanes of at least 4 members (excludes halogenated alkanes) is 1. The molecule has 3 N–H and O–H groups in total. The zero-order valence-electron chi connectivity index (χ0n) is 14.9. The molecule has 0 unspecified atom stereocenters. The van der Waals surface area contributed by atoms with Crippen molar-refractivity contribution in [3.8, 4) is 5.75 Å². The van der Waals surface area contributed by atoms with Gasteiger partial charge in [-0.05, 0) is 56.7 Å².